The Morgan fingerprint density at radius 1 is 1.06 bits per heavy atom. The number of rotatable bonds is 4. The maximum absolute atomic E-state index is 12.7. The highest BCUT2D eigenvalue weighted by Crippen LogP contribution is 2.33. The van der Waals surface area contributed by atoms with Gasteiger partial charge >= 0.3 is 5.97 Å². The topological polar surface area (TPSA) is 74.2 Å². The van der Waals surface area contributed by atoms with Crippen molar-refractivity contribution in [3.05, 3.63) is 12.2 Å². The van der Waals surface area contributed by atoms with E-state index in [4.69, 9.17) is 18.9 Å². The Morgan fingerprint density at radius 3 is 2.58 bits per heavy atom. The summed E-state index contributed by atoms with van der Waals surface area (Å²) in [5.74, 6) is 0.754. The van der Waals surface area contributed by atoms with Gasteiger partial charge in [0.15, 0.2) is 0 Å². The van der Waals surface area contributed by atoms with Crippen molar-refractivity contribution in [2.45, 2.75) is 121 Å². The third-order valence-electron chi connectivity index (χ3n) is 6.89. The van der Waals surface area contributed by atoms with Crippen LogP contribution in [0.5, 0.6) is 0 Å². The number of aliphatic hydroxyl groups excluding tert-OH is 1. The number of aliphatic hydroxyl groups is 1. The van der Waals surface area contributed by atoms with Crippen LogP contribution in [0.2, 0.25) is 0 Å². The lowest BCUT2D eigenvalue weighted by molar-refractivity contribution is -0.165. The quantitative estimate of drug-likeness (QED) is 0.524. The summed E-state index contributed by atoms with van der Waals surface area (Å²) >= 11 is 0. The summed E-state index contributed by atoms with van der Waals surface area (Å²) in [4.78, 5) is 12.7. The van der Waals surface area contributed by atoms with Crippen LogP contribution in [0.4, 0.5) is 0 Å². The minimum absolute atomic E-state index is 0.0128. The average molecular weight is 439 g/mol. The Morgan fingerprint density at radius 2 is 1.84 bits per heavy atom. The number of carbonyl (C=O) groups is 1. The number of hydrogen-bond donors (Lipinski definition) is 1. The number of methoxy groups -OCH3 is 1. The van der Waals surface area contributed by atoms with Crippen LogP contribution in [-0.2, 0) is 23.7 Å². The van der Waals surface area contributed by atoms with Crippen molar-refractivity contribution >= 4 is 5.97 Å². The molecule has 3 rings (SSSR count). The Hall–Kier alpha value is -0.950. The summed E-state index contributed by atoms with van der Waals surface area (Å²) < 4.78 is 24.3. The summed E-state index contributed by atoms with van der Waals surface area (Å²) in [7, 11) is 1.74. The second-order valence-corrected chi connectivity index (χ2v) is 10.2. The zero-order chi connectivity index (χ0) is 22.4. The van der Waals surface area contributed by atoms with Gasteiger partial charge in [0.05, 0.1) is 43.0 Å². The van der Waals surface area contributed by atoms with E-state index in [0.29, 0.717) is 37.5 Å². The fourth-order valence-electron chi connectivity index (χ4n) is 5.09. The van der Waals surface area contributed by atoms with Gasteiger partial charge in [-0.3, -0.25) is 4.79 Å². The highest BCUT2D eigenvalue weighted by molar-refractivity contribution is 5.70. The summed E-state index contributed by atoms with van der Waals surface area (Å²) in [6.45, 7) is 6.59. The van der Waals surface area contributed by atoms with Gasteiger partial charge in [-0.25, -0.2) is 0 Å². The largest absolute Gasteiger partial charge is 0.458 e. The second-order valence-electron chi connectivity index (χ2n) is 10.2. The Balaban J connectivity index is 1.78. The fraction of sp³-hybridized carbons (Fsp3) is 0.880. The minimum Gasteiger partial charge on any atom is -0.458 e. The summed E-state index contributed by atoms with van der Waals surface area (Å²) in [6, 6.07) is 0. The van der Waals surface area contributed by atoms with Crippen LogP contribution in [0, 0.1) is 11.8 Å². The third kappa shape index (κ3) is 7.85. The van der Waals surface area contributed by atoms with E-state index in [9.17, 15) is 9.90 Å². The van der Waals surface area contributed by atoms with Gasteiger partial charge in [0, 0.05) is 26.4 Å². The second kappa shape index (κ2) is 11.8. The van der Waals surface area contributed by atoms with E-state index in [2.05, 4.69) is 26.8 Å². The first-order valence-corrected chi connectivity index (χ1v) is 12.2. The van der Waals surface area contributed by atoms with Gasteiger partial charge in [0.1, 0.15) is 6.10 Å². The fourth-order valence-corrected chi connectivity index (χ4v) is 5.09. The van der Waals surface area contributed by atoms with Gasteiger partial charge in [-0.05, 0) is 50.0 Å². The SMILES string of the molecule is CO[C@H]1C[C@H]2C[C@@H](O)C[C@H](CC(=O)O[C@@H](/C=C/CC(C)C)C[C@@H]3CC[C@H](C)[C@@H](C1)O3)O2. The molecule has 3 saturated heterocycles. The molecule has 3 aliphatic heterocycles. The van der Waals surface area contributed by atoms with E-state index in [0.717, 1.165) is 25.7 Å². The van der Waals surface area contributed by atoms with Crippen LogP contribution in [-0.4, -0.2) is 60.9 Å². The molecule has 0 radical (unpaired) electrons. The summed E-state index contributed by atoms with van der Waals surface area (Å²) in [6.07, 6.45) is 9.64. The molecule has 0 aliphatic carbocycles. The maximum Gasteiger partial charge on any atom is 0.309 e. The molecular weight excluding hydrogens is 396 g/mol. The van der Waals surface area contributed by atoms with E-state index in [1.165, 1.54) is 0 Å². The number of hydrogen-bond acceptors (Lipinski definition) is 6. The van der Waals surface area contributed by atoms with Crippen LogP contribution in [0.15, 0.2) is 12.2 Å². The highest BCUT2D eigenvalue weighted by Gasteiger charge is 2.36. The monoisotopic (exact) mass is 438 g/mol. The molecule has 4 bridgehead atoms. The number of ether oxygens (including phenoxy) is 4. The molecule has 0 spiro atoms. The Labute approximate surface area is 187 Å². The molecule has 3 heterocycles. The van der Waals surface area contributed by atoms with Crippen LogP contribution < -0.4 is 0 Å². The first kappa shape index (κ1) is 24.7. The number of cyclic esters (lactones) is 1. The van der Waals surface area contributed by atoms with Gasteiger partial charge in [-0.1, -0.05) is 26.8 Å². The molecule has 0 unspecified atom stereocenters. The van der Waals surface area contributed by atoms with Crippen LogP contribution >= 0.6 is 0 Å². The maximum atomic E-state index is 12.7. The van der Waals surface area contributed by atoms with Crippen LogP contribution in [0.1, 0.15) is 78.6 Å². The Kier molecular flexibility index (Phi) is 9.38. The van der Waals surface area contributed by atoms with Crippen molar-refractivity contribution in [2.75, 3.05) is 7.11 Å². The van der Waals surface area contributed by atoms with Gasteiger partial charge in [-0.15, -0.1) is 0 Å². The average Bonchev–Trinajstić information content (AvgIpc) is 2.68. The molecule has 0 amide bonds. The van der Waals surface area contributed by atoms with Crippen molar-refractivity contribution in [1.82, 2.24) is 0 Å². The molecule has 3 aliphatic rings. The number of allylic oxidation sites excluding steroid dienone is 1. The van der Waals surface area contributed by atoms with E-state index >= 15 is 0 Å². The zero-order valence-electron chi connectivity index (χ0n) is 19.7. The van der Waals surface area contributed by atoms with Crippen molar-refractivity contribution < 1.29 is 28.8 Å². The first-order valence-electron chi connectivity index (χ1n) is 12.2. The molecule has 8 atom stereocenters. The van der Waals surface area contributed by atoms with E-state index < -0.39 is 6.10 Å². The summed E-state index contributed by atoms with van der Waals surface area (Å²) in [5.41, 5.74) is 0. The molecule has 6 heteroatoms. The minimum atomic E-state index is -0.460. The zero-order valence-corrected chi connectivity index (χ0v) is 19.7. The normalized spacial score (nSPS) is 40.5. The Bertz CT molecular complexity index is 591. The lowest BCUT2D eigenvalue weighted by atomic mass is 9.87. The van der Waals surface area contributed by atoms with Gasteiger partial charge in [0.25, 0.3) is 0 Å². The van der Waals surface area contributed by atoms with Crippen molar-refractivity contribution in [3.63, 3.8) is 0 Å². The smallest absolute Gasteiger partial charge is 0.309 e. The molecule has 6 nitrogen and oxygen atoms in total. The standard InChI is InChI=1S/C25H42O6/c1-16(2)6-5-7-19-12-20-9-8-17(3)24(30-20)14-21(28-4)13-22-10-18(26)11-23(29-22)15-25(27)31-19/h5,7,16-24,26H,6,8-15H2,1-4H3/b7-5+/t17-,18+,19-,20-,21-,22+,23+,24+/m0/s1. The van der Waals surface area contributed by atoms with E-state index in [1.54, 1.807) is 7.11 Å². The predicted octanol–water partition coefficient (Wildman–Crippen LogP) is 4.18. The molecule has 0 aromatic heterocycles. The van der Waals surface area contributed by atoms with Gasteiger partial charge in [-0.2, -0.15) is 0 Å². The lowest BCUT2D eigenvalue weighted by Crippen LogP contribution is -2.42. The van der Waals surface area contributed by atoms with Gasteiger partial charge in [0.2, 0.25) is 0 Å². The van der Waals surface area contributed by atoms with Crippen LogP contribution in [0.25, 0.3) is 0 Å². The van der Waals surface area contributed by atoms with Crippen molar-refractivity contribution in [3.8, 4) is 0 Å². The van der Waals surface area contributed by atoms with Crippen molar-refractivity contribution in [1.29, 1.82) is 0 Å². The molecule has 0 aromatic carbocycles. The molecule has 1 N–H and O–H groups in total. The molecule has 3 fully saturated rings. The molecular formula is C25H42O6. The van der Waals surface area contributed by atoms with Crippen molar-refractivity contribution in [2.24, 2.45) is 11.8 Å². The van der Waals surface area contributed by atoms with Gasteiger partial charge < -0.3 is 24.1 Å². The third-order valence-corrected chi connectivity index (χ3v) is 6.89. The molecule has 0 aromatic rings. The number of carbonyl (C=O) groups excluding carboxylic acids is 1. The van der Waals surface area contributed by atoms with E-state index in [-0.39, 0.29) is 49.0 Å². The van der Waals surface area contributed by atoms with E-state index in [1.807, 2.05) is 6.08 Å². The molecule has 31 heavy (non-hydrogen) atoms. The van der Waals surface area contributed by atoms with Crippen LogP contribution in [0.3, 0.4) is 0 Å². The summed E-state index contributed by atoms with van der Waals surface area (Å²) in [5, 5.41) is 10.4. The molecule has 0 saturated carbocycles. The lowest BCUT2D eigenvalue weighted by Gasteiger charge is -2.39. The number of fused-ring (bicyclic) bond motifs is 4. The molecule has 178 valence electrons. The predicted molar refractivity (Wildman–Crippen MR) is 119 cm³/mol. The number of esters is 1. The highest BCUT2D eigenvalue weighted by atomic mass is 16.6. The first-order chi connectivity index (χ1) is 14.8.